The van der Waals surface area contributed by atoms with Crippen molar-refractivity contribution in [1.82, 2.24) is 10.1 Å². The average Bonchev–Trinajstić information content (AvgIpc) is 2.71. The molecule has 3 aromatic rings. The molecule has 0 saturated heterocycles. The molecule has 0 aliphatic carbocycles. The van der Waals surface area contributed by atoms with Gasteiger partial charge in [-0.2, -0.15) is 0 Å². The van der Waals surface area contributed by atoms with E-state index >= 15 is 0 Å². The number of aromatic hydroxyl groups is 1. The number of phenols is 1. The van der Waals surface area contributed by atoms with Crippen LogP contribution in [0.3, 0.4) is 0 Å². The van der Waals surface area contributed by atoms with Crippen LogP contribution in [0.4, 0.5) is 5.69 Å². The van der Waals surface area contributed by atoms with Crippen LogP contribution in [0.25, 0.3) is 11.3 Å². The van der Waals surface area contributed by atoms with Gasteiger partial charge in [-0.1, -0.05) is 30.8 Å². The molecule has 1 atom stereocenters. The second-order valence-electron chi connectivity index (χ2n) is 6.42. The van der Waals surface area contributed by atoms with E-state index in [0.29, 0.717) is 16.6 Å². The van der Waals surface area contributed by atoms with Gasteiger partial charge in [0.05, 0.1) is 18.4 Å². The summed E-state index contributed by atoms with van der Waals surface area (Å²) in [5.74, 6) is 1.29. The predicted molar refractivity (Wildman–Crippen MR) is 108 cm³/mol. The molecular formula is C20H21N4O3S+. The summed E-state index contributed by atoms with van der Waals surface area (Å²) in [6.45, 7) is 2.08. The highest BCUT2D eigenvalue weighted by molar-refractivity contribution is 7.99. The second kappa shape index (κ2) is 7.55. The summed E-state index contributed by atoms with van der Waals surface area (Å²) in [7, 11) is 1.51. The number of thioether (sulfide) groups is 1. The Kier molecular flexibility index (Phi) is 4.95. The molecule has 0 fully saturated rings. The van der Waals surface area contributed by atoms with Crippen LogP contribution < -0.4 is 20.3 Å². The van der Waals surface area contributed by atoms with E-state index in [9.17, 15) is 9.90 Å². The third kappa shape index (κ3) is 3.20. The molecule has 2 heterocycles. The molecule has 28 heavy (non-hydrogen) atoms. The first-order valence-corrected chi connectivity index (χ1v) is 10.0. The monoisotopic (exact) mass is 397 g/mol. The molecule has 1 aromatic heterocycles. The van der Waals surface area contributed by atoms with Crippen LogP contribution in [0.5, 0.6) is 11.5 Å². The quantitative estimate of drug-likeness (QED) is 0.453. The van der Waals surface area contributed by atoms with Crippen molar-refractivity contribution in [3.63, 3.8) is 0 Å². The summed E-state index contributed by atoms with van der Waals surface area (Å²) >= 11 is 1.52. The molecule has 8 heteroatoms. The minimum Gasteiger partial charge on any atom is -0.504 e. The molecule has 0 unspecified atom stereocenters. The van der Waals surface area contributed by atoms with Crippen molar-refractivity contribution in [3.8, 4) is 22.8 Å². The fraction of sp³-hybridized carbons (Fsp3) is 0.250. The normalized spacial score (nSPS) is 14.7. The SMILES string of the molecule is CCCSc1n[n+]2c(c(=O)[nH]1)-c1ccccc1N[C@@H]2c1ccc(O)c(OC)c1. The molecule has 0 radical (unpaired) electrons. The van der Waals surface area contributed by atoms with Crippen LogP contribution in [0.2, 0.25) is 0 Å². The number of hydrogen-bond donors (Lipinski definition) is 3. The second-order valence-corrected chi connectivity index (χ2v) is 7.51. The number of rotatable bonds is 5. The number of ether oxygens (including phenoxy) is 1. The Morgan fingerprint density at radius 3 is 2.89 bits per heavy atom. The standard InChI is InChI=1S/C20H20N4O3S/c1-3-10-28-20-22-19(26)17-13-6-4-5-7-14(13)21-18(24(17)23-20)12-8-9-15(25)16(11-12)27-2/h4-9,11,18H,3,10H2,1-2H3,(H2,22,23,25,26)/p+1/t18-/m0/s1. The van der Waals surface area contributed by atoms with Gasteiger partial charge in [-0.3, -0.25) is 9.78 Å². The molecule has 0 bridgehead atoms. The summed E-state index contributed by atoms with van der Waals surface area (Å²) < 4.78 is 6.97. The van der Waals surface area contributed by atoms with E-state index in [-0.39, 0.29) is 11.3 Å². The van der Waals surface area contributed by atoms with E-state index in [1.807, 2.05) is 24.3 Å². The highest BCUT2D eigenvalue weighted by Gasteiger charge is 2.37. The van der Waals surface area contributed by atoms with Gasteiger partial charge in [-0.25, -0.2) is 0 Å². The lowest BCUT2D eigenvalue weighted by molar-refractivity contribution is -0.759. The van der Waals surface area contributed by atoms with E-state index in [2.05, 4.69) is 17.2 Å². The number of methoxy groups -OCH3 is 1. The van der Waals surface area contributed by atoms with Crippen LogP contribution in [-0.2, 0) is 0 Å². The van der Waals surface area contributed by atoms with Crippen molar-refractivity contribution in [2.75, 3.05) is 18.2 Å². The number of nitrogens with one attached hydrogen (secondary N) is 2. The van der Waals surface area contributed by atoms with E-state index in [0.717, 1.165) is 29.0 Å². The lowest BCUT2D eigenvalue weighted by Gasteiger charge is -2.22. The highest BCUT2D eigenvalue weighted by Crippen LogP contribution is 2.34. The van der Waals surface area contributed by atoms with Crippen LogP contribution >= 0.6 is 11.8 Å². The van der Waals surface area contributed by atoms with Crippen molar-refractivity contribution in [3.05, 3.63) is 58.4 Å². The number of phenolic OH excluding ortho intramolecular Hbond substituents is 1. The van der Waals surface area contributed by atoms with E-state index < -0.39 is 6.17 Å². The number of aromatic amines is 1. The minimum absolute atomic E-state index is 0.0609. The molecule has 4 rings (SSSR count). The molecule has 0 spiro atoms. The van der Waals surface area contributed by atoms with Gasteiger partial charge in [-0.05, 0) is 41.4 Å². The summed E-state index contributed by atoms with van der Waals surface area (Å²) in [4.78, 5) is 15.8. The smallest absolute Gasteiger partial charge is 0.325 e. The van der Waals surface area contributed by atoms with Gasteiger partial charge >= 0.3 is 11.3 Å². The molecular weight excluding hydrogens is 376 g/mol. The molecule has 144 valence electrons. The maximum atomic E-state index is 12.9. The number of para-hydroxylation sites is 1. The van der Waals surface area contributed by atoms with E-state index in [1.54, 1.807) is 22.9 Å². The number of fused-ring (bicyclic) bond motifs is 3. The fourth-order valence-corrected chi connectivity index (χ4v) is 3.95. The van der Waals surface area contributed by atoms with Crippen molar-refractivity contribution in [2.45, 2.75) is 24.7 Å². The maximum absolute atomic E-state index is 12.9. The molecule has 1 aliphatic heterocycles. The maximum Gasteiger partial charge on any atom is 0.325 e. The number of H-pyrrole nitrogens is 1. The Bertz CT molecular complexity index is 1080. The van der Waals surface area contributed by atoms with Crippen LogP contribution in [0, 0.1) is 0 Å². The zero-order chi connectivity index (χ0) is 19.7. The Balaban J connectivity index is 1.91. The first-order chi connectivity index (χ1) is 13.6. The van der Waals surface area contributed by atoms with Gasteiger partial charge in [0.2, 0.25) is 5.16 Å². The Hall–Kier alpha value is -3.00. The van der Waals surface area contributed by atoms with Crippen LogP contribution in [0.1, 0.15) is 25.1 Å². The van der Waals surface area contributed by atoms with Gasteiger partial charge in [-0.15, -0.1) is 0 Å². The molecule has 3 N–H and O–H groups in total. The van der Waals surface area contributed by atoms with Crippen molar-refractivity contribution in [1.29, 1.82) is 0 Å². The van der Waals surface area contributed by atoms with E-state index in [1.165, 1.54) is 18.9 Å². The van der Waals surface area contributed by atoms with Gasteiger partial charge in [0.25, 0.3) is 6.17 Å². The third-order valence-electron chi connectivity index (χ3n) is 4.54. The summed E-state index contributed by atoms with van der Waals surface area (Å²) in [5.41, 5.74) is 2.77. The first-order valence-electron chi connectivity index (χ1n) is 9.04. The van der Waals surface area contributed by atoms with Crippen molar-refractivity contribution >= 4 is 17.4 Å². The lowest BCUT2D eigenvalue weighted by Crippen LogP contribution is -2.55. The molecule has 1 aliphatic rings. The van der Waals surface area contributed by atoms with Gasteiger partial charge in [0, 0.05) is 16.4 Å². The van der Waals surface area contributed by atoms with Gasteiger partial charge < -0.3 is 15.2 Å². The predicted octanol–water partition coefficient (Wildman–Crippen LogP) is 2.91. The van der Waals surface area contributed by atoms with Crippen molar-refractivity contribution < 1.29 is 14.5 Å². The fourth-order valence-electron chi connectivity index (χ4n) is 3.24. The summed E-state index contributed by atoms with van der Waals surface area (Å²) in [6, 6.07) is 12.8. The van der Waals surface area contributed by atoms with Gasteiger partial charge in [0.1, 0.15) is 0 Å². The topological polar surface area (TPSA) is 91.1 Å². The Morgan fingerprint density at radius 1 is 1.29 bits per heavy atom. The zero-order valence-electron chi connectivity index (χ0n) is 15.6. The van der Waals surface area contributed by atoms with Gasteiger partial charge in [0.15, 0.2) is 11.5 Å². The Labute approximate surface area is 166 Å². The molecule has 0 saturated carbocycles. The van der Waals surface area contributed by atoms with Crippen LogP contribution in [-0.4, -0.2) is 28.1 Å². The summed E-state index contributed by atoms with van der Waals surface area (Å²) in [5, 5.41) is 18.7. The average molecular weight is 397 g/mol. The lowest BCUT2D eigenvalue weighted by atomic mass is 10.0. The molecule has 0 amide bonds. The number of benzene rings is 2. The van der Waals surface area contributed by atoms with E-state index in [4.69, 9.17) is 9.84 Å². The third-order valence-corrected chi connectivity index (χ3v) is 5.61. The van der Waals surface area contributed by atoms with Crippen molar-refractivity contribution in [2.24, 2.45) is 0 Å². The number of anilines is 1. The molecule has 2 aromatic carbocycles. The summed E-state index contributed by atoms with van der Waals surface area (Å²) in [6.07, 6.45) is 0.568. The largest absolute Gasteiger partial charge is 0.504 e. The zero-order valence-corrected chi connectivity index (χ0v) is 16.4. The highest BCUT2D eigenvalue weighted by atomic mass is 32.2. The number of nitrogens with zero attached hydrogens (tertiary/aromatic N) is 2. The number of hydrogen-bond acceptors (Lipinski definition) is 6. The molecule has 7 nitrogen and oxygen atoms in total. The first kappa shape index (κ1) is 18.4. The van der Waals surface area contributed by atoms with Crippen LogP contribution in [0.15, 0.2) is 52.4 Å². The number of aromatic nitrogens is 3. The Morgan fingerprint density at radius 2 is 2.11 bits per heavy atom. The minimum atomic E-state index is -0.414.